The van der Waals surface area contributed by atoms with Gasteiger partial charge in [0.15, 0.2) is 0 Å². The van der Waals surface area contributed by atoms with E-state index < -0.39 is 102 Å². The average molecular weight is 838 g/mol. The highest BCUT2D eigenvalue weighted by Crippen LogP contribution is 2.41. The number of carbonyl (C=O) groups excluding carboxylic acids is 5. The molecule has 0 unspecified atom stereocenters. The molecular formula is C43H57F2N7O8. The molecule has 0 radical (unpaired) electrons. The van der Waals surface area contributed by atoms with Crippen molar-refractivity contribution >= 4 is 35.5 Å². The van der Waals surface area contributed by atoms with E-state index in [-0.39, 0.29) is 31.5 Å². The molecule has 3 aromatic rings. The smallest absolute Gasteiger partial charge is 0.305 e. The molecule has 0 bridgehead atoms. The zero-order valence-corrected chi connectivity index (χ0v) is 34.9. The summed E-state index contributed by atoms with van der Waals surface area (Å²) in [6, 6.07) is 8.67. The van der Waals surface area contributed by atoms with Gasteiger partial charge in [-0.25, -0.2) is 8.78 Å². The number of aliphatic hydroxyl groups is 1. The monoisotopic (exact) mass is 837 g/mol. The third-order valence-corrected chi connectivity index (χ3v) is 10.6. The number of aromatic nitrogens is 1. The minimum atomic E-state index is -1.35. The van der Waals surface area contributed by atoms with Gasteiger partial charge in [0.25, 0.3) is 0 Å². The van der Waals surface area contributed by atoms with Gasteiger partial charge in [-0.2, -0.15) is 0 Å². The highest BCUT2D eigenvalue weighted by Gasteiger charge is 2.40. The number of likely N-dealkylation sites (N-methyl/N-ethyl adjacent to an activating group) is 1. The van der Waals surface area contributed by atoms with Gasteiger partial charge in [0.1, 0.15) is 36.4 Å². The molecule has 15 nitrogen and oxygen atoms in total. The Bertz CT molecular complexity index is 2020. The fraction of sp³-hybridized carbons (Fsp3) is 0.488. The molecule has 60 heavy (non-hydrogen) atoms. The number of carboxylic acid groups (broad SMARTS) is 1. The Hall–Kier alpha value is -5.68. The third-order valence-electron chi connectivity index (χ3n) is 10.6. The molecule has 0 spiro atoms. The largest absolute Gasteiger partial charge is 0.481 e. The summed E-state index contributed by atoms with van der Waals surface area (Å²) in [5.74, 6) is -6.38. The molecule has 0 saturated carbocycles. The number of aliphatic carboxylic acids is 1. The van der Waals surface area contributed by atoms with Crippen LogP contribution in [0.5, 0.6) is 0 Å². The van der Waals surface area contributed by atoms with Gasteiger partial charge < -0.3 is 46.3 Å². The molecule has 5 amide bonds. The number of likely N-dealkylation sites (tertiary alicyclic amines) is 1. The molecule has 2 heterocycles. The van der Waals surface area contributed by atoms with Gasteiger partial charge in [-0.1, -0.05) is 65.0 Å². The fourth-order valence-electron chi connectivity index (χ4n) is 7.65. The molecule has 1 saturated heterocycles. The van der Waals surface area contributed by atoms with E-state index in [0.29, 0.717) is 24.2 Å². The lowest BCUT2D eigenvalue weighted by Crippen LogP contribution is -2.59. The van der Waals surface area contributed by atoms with Crippen LogP contribution < -0.4 is 21.7 Å². The maximum absolute atomic E-state index is 15.2. The zero-order valence-electron chi connectivity index (χ0n) is 34.9. The van der Waals surface area contributed by atoms with Crippen molar-refractivity contribution in [2.75, 3.05) is 26.7 Å². The summed E-state index contributed by atoms with van der Waals surface area (Å²) < 4.78 is 31.5. The average Bonchev–Trinajstić information content (AvgIpc) is 3.85. The molecule has 1 aliphatic rings. The van der Waals surface area contributed by atoms with Crippen molar-refractivity contribution in [1.29, 1.82) is 0 Å². The van der Waals surface area contributed by atoms with Crippen molar-refractivity contribution in [2.45, 2.75) is 97.1 Å². The third kappa shape index (κ3) is 11.7. The van der Waals surface area contributed by atoms with Gasteiger partial charge >= 0.3 is 5.97 Å². The number of aliphatic hydroxyl groups excluding tert-OH is 1. The molecule has 1 fully saturated rings. The second kappa shape index (κ2) is 20.5. The van der Waals surface area contributed by atoms with Crippen molar-refractivity contribution in [3.63, 3.8) is 0 Å². The summed E-state index contributed by atoms with van der Waals surface area (Å²) in [6.45, 7) is 8.43. The van der Waals surface area contributed by atoms with E-state index in [2.05, 4.69) is 16.0 Å². The maximum atomic E-state index is 15.2. The molecule has 2 aromatic carbocycles. The molecule has 17 heteroatoms. The highest BCUT2D eigenvalue weighted by atomic mass is 19.1. The van der Waals surface area contributed by atoms with Crippen molar-refractivity contribution in [3.8, 4) is 11.1 Å². The molecule has 5 atom stereocenters. The Balaban J connectivity index is 1.64. The first-order valence-corrected chi connectivity index (χ1v) is 20.0. The van der Waals surface area contributed by atoms with E-state index in [1.165, 1.54) is 16.8 Å². The number of carboxylic acids is 1. The number of halogens is 2. The maximum Gasteiger partial charge on any atom is 0.305 e. The number of nitrogens with one attached hydrogen (secondary N) is 3. The number of carbonyl (C=O) groups is 6. The predicted octanol–water partition coefficient (Wildman–Crippen LogP) is 2.94. The van der Waals surface area contributed by atoms with Crippen molar-refractivity contribution in [3.05, 3.63) is 83.7 Å². The standard InChI is InChI=1S/C43H57F2N7O8/c1-25(2)37(49-40(58)33-13-10-17-51(33)42(60)31(46)21-36(55)56)41(59)48-32(39(57)47-6)16-18-52(35(54)24-53)38(43(3,4)5)34-19-27(29-20-28(44)14-15-30(29)45)23-50(34)22-26-11-8-7-9-12-26/h7-9,11-12,14-15,19-20,23,25,31-33,37-38,53H,10,13,16-18,21-22,24,46H2,1-6H3,(H,47,57)(H,48,59)(H,49,58)(H,55,56)/t31-,32-,33-,37-,38-/m0/s1. The Labute approximate surface area is 348 Å². The van der Waals surface area contributed by atoms with E-state index in [9.17, 15) is 38.3 Å². The quantitative estimate of drug-likeness (QED) is 0.111. The molecule has 4 rings (SSSR count). The van der Waals surface area contributed by atoms with E-state index in [4.69, 9.17) is 10.8 Å². The van der Waals surface area contributed by atoms with Crippen molar-refractivity contribution in [1.82, 2.24) is 30.3 Å². The molecule has 1 aliphatic heterocycles. The van der Waals surface area contributed by atoms with Crippen LogP contribution in [0.15, 0.2) is 60.8 Å². The summed E-state index contributed by atoms with van der Waals surface area (Å²) in [7, 11) is 1.38. The number of amides is 5. The lowest BCUT2D eigenvalue weighted by Gasteiger charge is -2.41. The number of hydrogen-bond donors (Lipinski definition) is 6. The fourth-order valence-corrected chi connectivity index (χ4v) is 7.65. The number of rotatable bonds is 18. The van der Waals surface area contributed by atoms with Crippen molar-refractivity contribution in [2.24, 2.45) is 17.1 Å². The van der Waals surface area contributed by atoms with Gasteiger partial charge in [0.2, 0.25) is 29.5 Å². The molecule has 1 aromatic heterocycles. The SMILES string of the molecule is CNC(=O)[C@H](CCN(C(=O)CO)[C@@H](c1cc(-c2cc(F)ccc2F)cn1Cc1ccccc1)C(C)(C)C)NC(=O)[C@@H](NC(=O)[C@@H]1CCCN1C(=O)[C@@H](N)CC(=O)O)C(C)C. The van der Waals surface area contributed by atoms with Crippen LogP contribution >= 0.6 is 0 Å². The van der Waals surface area contributed by atoms with Gasteiger partial charge in [0.05, 0.1) is 18.5 Å². The van der Waals surface area contributed by atoms with Crippen LogP contribution in [-0.2, 0) is 35.3 Å². The number of nitrogens with two attached hydrogens (primary N) is 1. The number of benzene rings is 2. The molecular weight excluding hydrogens is 781 g/mol. The summed E-state index contributed by atoms with van der Waals surface area (Å²) in [6.07, 6.45) is 1.65. The Morgan fingerprint density at radius 1 is 0.983 bits per heavy atom. The summed E-state index contributed by atoms with van der Waals surface area (Å²) >= 11 is 0. The van der Waals surface area contributed by atoms with Crippen molar-refractivity contribution < 1.29 is 47.8 Å². The second-order valence-corrected chi connectivity index (χ2v) is 16.5. The van der Waals surface area contributed by atoms with Crippen LogP contribution in [0.3, 0.4) is 0 Å². The van der Waals surface area contributed by atoms with E-state index >= 15 is 4.39 Å². The lowest BCUT2D eigenvalue weighted by molar-refractivity contribution is -0.144. The number of hydrogen-bond acceptors (Lipinski definition) is 8. The Morgan fingerprint density at radius 2 is 1.67 bits per heavy atom. The van der Waals surface area contributed by atoms with Crippen LogP contribution in [0, 0.1) is 23.0 Å². The van der Waals surface area contributed by atoms with Crippen LogP contribution in [0.2, 0.25) is 0 Å². The minimum Gasteiger partial charge on any atom is -0.481 e. The summed E-state index contributed by atoms with van der Waals surface area (Å²) in [4.78, 5) is 81.3. The van der Waals surface area contributed by atoms with Gasteiger partial charge in [-0.15, -0.1) is 0 Å². The molecule has 326 valence electrons. The molecule has 0 aliphatic carbocycles. The lowest BCUT2D eigenvalue weighted by atomic mass is 9.82. The first kappa shape index (κ1) is 47.0. The van der Waals surface area contributed by atoms with Gasteiger partial charge in [-0.3, -0.25) is 28.8 Å². The number of nitrogens with zero attached hydrogens (tertiary/aromatic N) is 3. The highest BCUT2D eigenvalue weighted by molar-refractivity contribution is 5.95. The molecule has 7 N–H and O–H groups in total. The van der Waals surface area contributed by atoms with Crippen LogP contribution in [-0.4, -0.2) is 111 Å². The van der Waals surface area contributed by atoms with Crippen LogP contribution in [0.4, 0.5) is 8.78 Å². The minimum absolute atomic E-state index is 0.0129. The van der Waals surface area contributed by atoms with E-state index in [1.54, 1.807) is 26.1 Å². The topological polar surface area (TPSA) is 216 Å². The predicted molar refractivity (Wildman–Crippen MR) is 219 cm³/mol. The Kier molecular flexibility index (Phi) is 16.1. The van der Waals surface area contributed by atoms with Gasteiger partial charge in [0, 0.05) is 49.7 Å². The second-order valence-electron chi connectivity index (χ2n) is 16.5. The first-order chi connectivity index (χ1) is 28.3. The zero-order chi connectivity index (χ0) is 44.5. The Morgan fingerprint density at radius 3 is 2.27 bits per heavy atom. The summed E-state index contributed by atoms with van der Waals surface area (Å²) in [5, 5.41) is 27.3. The van der Waals surface area contributed by atoms with Gasteiger partial charge in [-0.05, 0) is 60.4 Å². The van der Waals surface area contributed by atoms with Crippen LogP contribution in [0.1, 0.15) is 77.6 Å². The van der Waals surface area contributed by atoms with E-state index in [0.717, 1.165) is 23.8 Å². The normalized spacial score (nSPS) is 16.1. The first-order valence-electron chi connectivity index (χ1n) is 20.0. The van der Waals surface area contributed by atoms with Crippen LogP contribution in [0.25, 0.3) is 11.1 Å². The summed E-state index contributed by atoms with van der Waals surface area (Å²) in [5.41, 5.74) is 6.86. The van der Waals surface area contributed by atoms with E-state index in [1.807, 2.05) is 55.7 Å².